The summed E-state index contributed by atoms with van der Waals surface area (Å²) in [5.41, 5.74) is 4.60. The SMILES string of the molecule is CC[C@H](C)[C@@H]1NC(=O)CCCN(C(=O)c2ccc3nc(C)c(C)nc3c2)CCn2nc(C)nc2[C@H](Cc2ccccc2)NC1=O. The number of carbonyl (C=O) groups excluding carboxylic acids is 3. The van der Waals surface area contributed by atoms with Crippen molar-refractivity contribution < 1.29 is 14.4 Å². The summed E-state index contributed by atoms with van der Waals surface area (Å²) in [4.78, 5) is 56.5. The highest BCUT2D eigenvalue weighted by Gasteiger charge is 2.31. The van der Waals surface area contributed by atoms with Gasteiger partial charge in [0.25, 0.3) is 5.91 Å². The number of rotatable bonds is 5. The lowest BCUT2D eigenvalue weighted by molar-refractivity contribution is -0.130. The van der Waals surface area contributed by atoms with E-state index in [0.717, 1.165) is 22.5 Å². The molecule has 0 fully saturated rings. The molecule has 4 aromatic rings. The number of aromatic nitrogens is 5. The van der Waals surface area contributed by atoms with Crippen LogP contribution in [0.5, 0.6) is 0 Å². The first kappa shape index (κ1) is 31.7. The van der Waals surface area contributed by atoms with Crippen molar-refractivity contribution in [2.75, 3.05) is 13.1 Å². The van der Waals surface area contributed by atoms with E-state index >= 15 is 0 Å². The van der Waals surface area contributed by atoms with Crippen LogP contribution in [-0.4, -0.2) is 66.5 Å². The summed E-state index contributed by atoms with van der Waals surface area (Å²) in [6.45, 7) is 10.7. The lowest BCUT2D eigenvalue weighted by Crippen LogP contribution is -2.51. The quantitative estimate of drug-likeness (QED) is 0.349. The van der Waals surface area contributed by atoms with Crippen molar-refractivity contribution in [1.29, 1.82) is 0 Å². The molecular formula is C34H42N8O3. The van der Waals surface area contributed by atoms with E-state index < -0.39 is 12.1 Å². The van der Waals surface area contributed by atoms with Gasteiger partial charge in [-0.3, -0.25) is 14.4 Å². The van der Waals surface area contributed by atoms with Crippen LogP contribution in [0.3, 0.4) is 0 Å². The second-order valence-corrected chi connectivity index (χ2v) is 11.9. The topological polar surface area (TPSA) is 135 Å². The highest BCUT2D eigenvalue weighted by Crippen LogP contribution is 2.21. The molecule has 45 heavy (non-hydrogen) atoms. The number of nitrogens with one attached hydrogen (secondary N) is 2. The van der Waals surface area contributed by atoms with E-state index in [9.17, 15) is 14.4 Å². The van der Waals surface area contributed by atoms with Gasteiger partial charge in [0, 0.05) is 25.1 Å². The highest BCUT2D eigenvalue weighted by molar-refractivity contribution is 5.97. The van der Waals surface area contributed by atoms with E-state index in [2.05, 4.69) is 25.7 Å². The third kappa shape index (κ3) is 7.53. The Bertz CT molecular complexity index is 1690. The van der Waals surface area contributed by atoms with Gasteiger partial charge in [-0.25, -0.2) is 19.6 Å². The summed E-state index contributed by atoms with van der Waals surface area (Å²) in [5.74, 6) is 0.477. The van der Waals surface area contributed by atoms with Crippen molar-refractivity contribution in [3.05, 3.63) is 82.7 Å². The summed E-state index contributed by atoms with van der Waals surface area (Å²) in [7, 11) is 0. The summed E-state index contributed by atoms with van der Waals surface area (Å²) >= 11 is 0. The van der Waals surface area contributed by atoms with Gasteiger partial charge in [0.1, 0.15) is 17.7 Å². The second kappa shape index (κ2) is 14.0. The van der Waals surface area contributed by atoms with Crippen LogP contribution in [0.4, 0.5) is 0 Å². The fraction of sp³-hybridized carbons (Fsp3) is 0.441. The average Bonchev–Trinajstić information content (AvgIpc) is 3.41. The molecule has 2 aromatic heterocycles. The first-order valence-corrected chi connectivity index (χ1v) is 15.7. The number of amides is 3. The van der Waals surface area contributed by atoms with E-state index in [1.807, 2.05) is 71.0 Å². The Morgan fingerprint density at radius 2 is 1.67 bits per heavy atom. The van der Waals surface area contributed by atoms with Gasteiger partial charge in [0.15, 0.2) is 0 Å². The van der Waals surface area contributed by atoms with Crippen LogP contribution < -0.4 is 10.6 Å². The molecule has 2 aromatic carbocycles. The number of benzene rings is 2. The highest BCUT2D eigenvalue weighted by atomic mass is 16.2. The molecule has 3 amide bonds. The summed E-state index contributed by atoms with van der Waals surface area (Å²) in [5, 5.41) is 10.8. The maximum absolute atomic E-state index is 13.9. The Balaban J connectivity index is 1.49. The number of hydrogen-bond donors (Lipinski definition) is 2. The van der Waals surface area contributed by atoms with Gasteiger partial charge < -0.3 is 15.5 Å². The van der Waals surface area contributed by atoms with Crippen molar-refractivity contribution in [2.24, 2.45) is 5.92 Å². The fourth-order valence-corrected chi connectivity index (χ4v) is 5.67. The van der Waals surface area contributed by atoms with Gasteiger partial charge in [-0.2, -0.15) is 5.10 Å². The maximum atomic E-state index is 13.9. The van der Waals surface area contributed by atoms with Crippen molar-refractivity contribution in [3.8, 4) is 0 Å². The Morgan fingerprint density at radius 3 is 2.40 bits per heavy atom. The Kier molecular flexibility index (Phi) is 9.85. The van der Waals surface area contributed by atoms with Crippen LogP contribution in [0, 0.1) is 26.7 Å². The van der Waals surface area contributed by atoms with Crippen LogP contribution in [0.2, 0.25) is 0 Å². The van der Waals surface area contributed by atoms with E-state index in [4.69, 9.17) is 4.98 Å². The molecule has 1 aliphatic rings. The molecule has 0 spiro atoms. The zero-order valence-electron chi connectivity index (χ0n) is 26.7. The molecule has 0 unspecified atom stereocenters. The van der Waals surface area contributed by atoms with Gasteiger partial charge in [-0.1, -0.05) is 50.6 Å². The van der Waals surface area contributed by atoms with Crippen molar-refractivity contribution in [3.63, 3.8) is 0 Å². The average molecular weight is 611 g/mol. The third-order valence-corrected chi connectivity index (χ3v) is 8.55. The summed E-state index contributed by atoms with van der Waals surface area (Å²) in [6.07, 6.45) is 1.84. The molecular weight excluding hydrogens is 568 g/mol. The summed E-state index contributed by atoms with van der Waals surface area (Å²) < 4.78 is 1.80. The normalized spacial score (nSPS) is 18.9. The molecule has 5 rings (SSSR count). The molecule has 0 bridgehead atoms. The van der Waals surface area contributed by atoms with Crippen molar-refractivity contribution in [1.82, 2.24) is 40.3 Å². The number of fused-ring (bicyclic) bond motifs is 2. The standard InChI is InChI=1S/C34H42N8O3/c1-6-21(2)31-33(44)38-29(19-25-11-8-7-9-12-25)32-37-24(5)40-42(32)18-17-41(16-10-13-30(43)39-31)34(45)26-14-15-27-28(20-26)36-23(4)22(3)35-27/h7-9,11-12,14-15,20-21,29,31H,6,10,13,16-19H2,1-5H3,(H,38,44)(H,39,43)/t21-,29-,31-/m0/s1. The molecule has 2 N–H and O–H groups in total. The smallest absolute Gasteiger partial charge is 0.253 e. The zero-order valence-corrected chi connectivity index (χ0v) is 26.7. The molecule has 11 nitrogen and oxygen atoms in total. The molecule has 0 radical (unpaired) electrons. The van der Waals surface area contributed by atoms with Crippen LogP contribution in [0.1, 0.15) is 78.1 Å². The Labute approximate surface area is 263 Å². The lowest BCUT2D eigenvalue weighted by Gasteiger charge is -2.28. The van der Waals surface area contributed by atoms with Crippen LogP contribution in [0.25, 0.3) is 11.0 Å². The number of nitrogens with zero attached hydrogens (tertiary/aromatic N) is 6. The van der Waals surface area contributed by atoms with E-state index in [0.29, 0.717) is 61.6 Å². The Morgan fingerprint density at radius 1 is 0.933 bits per heavy atom. The first-order chi connectivity index (χ1) is 21.6. The van der Waals surface area contributed by atoms with Crippen LogP contribution in [-0.2, 0) is 22.6 Å². The van der Waals surface area contributed by atoms with Gasteiger partial charge in [0.05, 0.1) is 35.0 Å². The molecule has 236 valence electrons. The van der Waals surface area contributed by atoms with Gasteiger partial charge in [-0.15, -0.1) is 0 Å². The zero-order chi connectivity index (χ0) is 32.1. The summed E-state index contributed by atoms with van der Waals surface area (Å²) in [6, 6.07) is 14.1. The van der Waals surface area contributed by atoms with Crippen molar-refractivity contribution >= 4 is 28.8 Å². The Hall–Kier alpha value is -4.67. The van der Waals surface area contributed by atoms with Gasteiger partial charge in [-0.05, 0) is 63.3 Å². The maximum Gasteiger partial charge on any atom is 0.253 e. The molecule has 0 aliphatic carbocycles. The monoisotopic (exact) mass is 610 g/mol. The molecule has 3 atom stereocenters. The minimum atomic E-state index is -0.704. The van der Waals surface area contributed by atoms with Gasteiger partial charge in [0.2, 0.25) is 11.8 Å². The molecule has 11 heteroatoms. The largest absolute Gasteiger partial charge is 0.344 e. The molecule has 0 saturated carbocycles. The minimum absolute atomic E-state index is 0.0830. The predicted octanol–water partition coefficient (Wildman–Crippen LogP) is 4.01. The molecule has 3 heterocycles. The van der Waals surface area contributed by atoms with Crippen molar-refractivity contribution in [2.45, 2.75) is 78.9 Å². The molecule has 0 saturated heterocycles. The second-order valence-electron chi connectivity index (χ2n) is 11.9. The minimum Gasteiger partial charge on any atom is -0.344 e. The predicted molar refractivity (Wildman–Crippen MR) is 171 cm³/mol. The van der Waals surface area contributed by atoms with Gasteiger partial charge >= 0.3 is 0 Å². The van der Waals surface area contributed by atoms with Crippen LogP contribution >= 0.6 is 0 Å². The van der Waals surface area contributed by atoms with E-state index in [1.54, 1.807) is 21.7 Å². The van der Waals surface area contributed by atoms with Crippen LogP contribution in [0.15, 0.2) is 48.5 Å². The number of carbonyl (C=O) groups is 3. The first-order valence-electron chi connectivity index (χ1n) is 15.7. The fourth-order valence-electron chi connectivity index (χ4n) is 5.67. The number of hydrogen-bond acceptors (Lipinski definition) is 7. The number of aryl methyl sites for hydroxylation is 3. The van der Waals surface area contributed by atoms with E-state index in [-0.39, 0.29) is 30.1 Å². The third-order valence-electron chi connectivity index (χ3n) is 8.55. The molecule has 1 aliphatic heterocycles. The van der Waals surface area contributed by atoms with E-state index in [1.165, 1.54) is 0 Å². The lowest BCUT2D eigenvalue weighted by atomic mass is 9.97.